The molecule has 1 fully saturated rings. The van der Waals surface area contributed by atoms with Crippen molar-refractivity contribution >= 4 is 0 Å². The van der Waals surface area contributed by atoms with Gasteiger partial charge >= 0.3 is 0 Å². The van der Waals surface area contributed by atoms with E-state index in [2.05, 4.69) is 0 Å². The largest absolute Gasteiger partial charge is 0.394 e. The van der Waals surface area contributed by atoms with E-state index in [4.69, 9.17) is 23.7 Å². The van der Waals surface area contributed by atoms with Gasteiger partial charge in [0.25, 0.3) is 0 Å². The van der Waals surface area contributed by atoms with Gasteiger partial charge in [-0.05, 0) is 19.4 Å². The van der Waals surface area contributed by atoms with E-state index < -0.39 is 23.8 Å². The Hall–Kier alpha value is -1.02. The van der Waals surface area contributed by atoms with Crippen LogP contribution in [0.25, 0.3) is 0 Å². The highest BCUT2D eigenvalue weighted by Gasteiger charge is 2.56. The molecule has 1 N–H and O–H groups in total. The van der Waals surface area contributed by atoms with Gasteiger partial charge in [0.05, 0.1) is 19.8 Å². The number of rotatable bonds is 7. The number of methoxy groups -OCH3 is 2. The summed E-state index contributed by atoms with van der Waals surface area (Å²) in [5.74, 6) is -2.22. The molecule has 0 bridgehead atoms. The van der Waals surface area contributed by atoms with Gasteiger partial charge in [0.2, 0.25) is 11.6 Å². The van der Waals surface area contributed by atoms with Gasteiger partial charge < -0.3 is 28.8 Å². The van der Waals surface area contributed by atoms with Crippen molar-refractivity contribution in [2.45, 2.75) is 44.2 Å². The van der Waals surface area contributed by atoms with E-state index in [0.29, 0.717) is 6.61 Å². The first-order valence-corrected chi connectivity index (χ1v) is 7.66. The Morgan fingerprint density at radius 3 is 2.09 bits per heavy atom. The number of aliphatic hydroxyl groups excluding tert-OH is 1. The summed E-state index contributed by atoms with van der Waals surface area (Å²) in [6.07, 6.45) is -1.02. The maximum Gasteiger partial charge on any atom is 0.220 e. The Morgan fingerprint density at radius 2 is 1.57 bits per heavy atom. The quantitative estimate of drug-likeness (QED) is 0.823. The molecule has 1 saturated heterocycles. The Bertz CT molecular complexity index is 481. The highest BCUT2D eigenvalue weighted by molar-refractivity contribution is 5.13. The number of hydrogen-bond donors (Lipinski definition) is 1. The Labute approximate surface area is 137 Å². The predicted octanol–water partition coefficient (Wildman–Crippen LogP) is 1.70. The fraction of sp³-hybridized carbons (Fsp3) is 0.647. The van der Waals surface area contributed by atoms with Crippen molar-refractivity contribution in [3.05, 3.63) is 35.9 Å². The minimum atomic E-state index is -1.12. The SMILES string of the molecule is CO[C@]1(C)O[C@@H](CO)[C@@H](COCc2ccccc2)O[C@@]1(C)OC. The summed E-state index contributed by atoms with van der Waals surface area (Å²) in [5.41, 5.74) is 1.07. The summed E-state index contributed by atoms with van der Waals surface area (Å²) in [4.78, 5) is 0. The maximum absolute atomic E-state index is 9.59. The molecule has 4 atom stereocenters. The minimum Gasteiger partial charge on any atom is -0.394 e. The molecule has 1 aromatic carbocycles. The highest BCUT2D eigenvalue weighted by Crippen LogP contribution is 2.39. The van der Waals surface area contributed by atoms with E-state index in [1.54, 1.807) is 13.8 Å². The normalized spacial score (nSPS) is 34.5. The first kappa shape index (κ1) is 18.3. The second-order valence-corrected chi connectivity index (χ2v) is 5.80. The molecule has 130 valence electrons. The zero-order chi connectivity index (χ0) is 16.9. The van der Waals surface area contributed by atoms with Gasteiger partial charge in [-0.25, -0.2) is 0 Å². The summed E-state index contributed by atoms with van der Waals surface area (Å²) in [5, 5.41) is 9.59. The molecule has 1 aromatic rings. The van der Waals surface area contributed by atoms with Crippen molar-refractivity contribution in [1.82, 2.24) is 0 Å². The summed E-state index contributed by atoms with van der Waals surface area (Å²) < 4.78 is 28.5. The monoisotopic (exact) mass is 326 g/mol. The summed E-state index contributed by atoms with van der Waals surface area (Å²) in [7, 11) is 3.04. The zero-order valence-corrected chi connectivity index (χ0v) is 14.2. The van der Waals surface area contributed by atoms with Crippen molar-refractivity contribution in [1.29, 1.82) is 0 Å². The van der Waals surface area contributed by atoms with Crippen molar-refractivity contribution < 1.29 is 28.8 Å². The van der Waals surface area contributed by atoms with E-state index in [9.17, 15) is 5.11 Å². The molecule has 23 heavy (non-hydrogen) atoms. The standard InChI is InChI=1S/C17H26O6/c1-16(19-3)17(2,20-4)23-15(14(10-18)22-16)12-21-11-13-8-6-5-7-9-13/h5-9,14-15,18H,10-12H2,1-4H3/t14-,15+,16+,17+/m0/s1. The van der Waals surface area contributed by atoms with Gasteiger partial charge in [0.1, 0.15) is 12.2 Å². The number of aliphatic hydroxyl groups is 1. The highest BCUT2D eigenvalue weighted by atomic mass is 16.8. The number of benzene rings is 1. The van der Waals surface area contributed by atoms with E-state index in [1.807, 2.05) is 30.3 Å². The van der Waals surface area contributed by atoms with Gasteiger partial charge in [-0.2, -0.15) is 0 Å². The molecule has 0 radical (unpaired) electrons. The lowest BCUT2D eigenvalue weighted by Gasteiger charge is -2.51. The Morgan fingerprint density at radius 1 is 1.00 bits per heavy atom. The first-order valence-electron chi connectivity index (χ1n) is 7.66. The van der Waals surface area contributed by atoms with E-state index in [0.717, 1.165) is 5.56 Å². The van der Waals surface area contributed by atoms with Gasteiger partial charge in [0.15, 0.2) is 0 Å². The summed E-state index contributed by atoms with van der Waals surface area (Å²) >= 11 is 0. The zero-order valence-electron chi connectivity index (χ0n) is 14.2. The second kappa shape index (κ2) is 7.70. The third-order valence-corrected chi connectivity index (χ3v) is 4.34. The van der Waals surface area contributed by atoms with Crippen LogP contribution < -0.4 is 0 Å². The van der Waals surface area contributed by atoms with Crippen LogP contribution in [0.2, 0.25) is 0 Å². The van der Waals surface area contributed by atoms with Crippen LogP contribution >= 0.6 is 0 Å². The van der Waals surface area contributed by atoms with Crippen LogP contribution in [0.4, 0.5) is 0 Å². The molecule has 0 spiro atoms. The topological polar surface area (TPSA) is 66.4 Å². The third kappa shape index (κ3) is 3.91. The summed E-state index contributed by atoms with van der Waals surface area (Å²) in [6.45, 7) is 4.01. The van der Waals surface area contributed by atoms with E-state index >= 15 is 0 Å². The molecule has 0 aromatic heterocycles. The van der Waals surface area contributed by atoms with Crippen LogP contribution in [-0.2, 0) is 30.3 Å². The molecule has 0 saturated carbocycles. The molecule has 2 rings (SSSR count). The lowest BCUT2D eigenvalue weighted by atomic mass is 10.0. The van der Waals surface area contributed by atoms with Crippen molar-refractivity contribution in [2.75, 3.05) is 27.4 Å². The van der Waals surface area contributed by atoms with Crippen LogP contribution in [0, 0.1) is 0 Å². The smallest absolute Gasteiger partial charge is 0.220 e. The first-order chi connectivity index (χ1) is 11.0. The molecule has 6 heteroatoms. The lowest BCUT2D eigenvalue weighted by Crippen LogP contribution is -2.66. The predicted molar refractivity (Wildman–Crippen MR) is 83.8 cm³/mol. The van der Waals surface area contributed by atoms with Gasteiger partial charge in [-0.1, -0.05) is 30.3 Å². The molecule has 1 aliphatic rings. The van der Waals surface area contributed by atoms with Gasteiger partial charge in [-0.3, -0.25) is 0 Å². The van der Waals surface area contributed by atoms with Gasteiger partial charge in [0, 0.05) is 14.2 Å². The molecular formula is C17H26O6. The van der Waals surface area contributed by atoms with Crippen LogP contribution in [0.1, 0.15) is 19.4 Å². The average molecular weight is 326 g/mol. The number of ether oxygens (including phenoxy) is 5. The molecule has 0 unspecified atom stereocenters. The Kier molecular flexibility index (Phi) is 6.13. The maximum atomic E-state index is 9.59. The van der Waals surface area contributed by atoms with Crippen molar-refractivity contribution in [3.63, 3.8) is 0 Å². The van der Waals surface area contributed by atoms with E-state index in [-0.39, 0.29) is 13.2 Å². The molecule has 0 aliphatic carbocycles. The minimum absolute atomic E-state index is 0.196. The Balaban J connectivity index is 2.00. The van der Waals surface area contributed by atoms with Crippen LogP contribution in [0.5, 0.6) is 0 Å². The molecule has 1 heterocycles. The molecule has 0 amide bonds. The second-order valence-electron chi connectivity index (χ2n) is 5.80. The lowest BCUT2D eigenvalue weighted by molar-refractivity contribution is -0.452. The van der Waals surface area contributed by atoms with Crippen LogP contribution in [0.3, 0.4) is 0 Å². The summed E-state index contributed by atoms with van der Waals surface area (Å²) in [6, 6.07) is 9.86. The number of hydrogen-bond acceptors (Lipinski definition) is 6. The third-order valence-electron chi connectivity index (χ3n) is 4.34. The van der Waals surface area contributed by atoms with Crippen molar-refractivity contribution in [3.8, 4) is 0 Å². The molecular weight excluding hydrogens is 300 g/mol. The van der Waals surface area contributed by atoms with E-state index in [1.165, 1.54) is 14.2 Å². The van der Waals surface area contributed by atoms with Crippen LogP contribution in [0.15, 0.2) is 30.3 Å². The fourth-order valence-corrected chi connectivity index (χ4v) is 2.57. The van der Waals surface area contributed by atoms with Crippen molar-refractivity contribution in [2.24, 2.45) is 0 Å². The van der Waals surface area contributed by atoms with Crippen LogP contribution in [-0.4, -0.2) is 56.3 Å². The van der Waals surface area contributed by atoms with Gasteiger partial charge in [-0.15, -0.1) is 0 Å². The molecule has 6 nitrogen and oxygen atoms in total. The fourth-order valence-electron chi connectivity index (χ4n) is 2.57. The average Bonchev–Trinajstić information content (AvgIpc) is 2.58. The molecule has 1 aliphatic heterocycles.